The van der Waals surface area contributed by atoms with E-state index in [1.165, 1.54) is 48.8 Å². The van der Waals surface area contributed by atoms with Gasteiger partial charge in [0.1, 0.15) is 17.9 Å². The summed E-state index contributed by atoms with van der Waals surface area (Å²) in [6, 6.07) is 27.8. The number of aromatic nitrogens is 3. The van der Waals surface area contributed by atoms with Crippen LogP contribution >= 0.6 is 0 Å². The number of ether oxygens (including phenoxy) is 1. The van der Waals surface area contributed by atoms with Gasteiger partial charge in [0, 0.05) is 35.0 Å². The summed E-state index contributed by atoms with van der Waals surface area (Å²) in [5.41, 5.74) is 1.68. The first kappa shape index (κ1) is 38.4. The van der Waals surface area contributed by atoms with Gasteiger partial charge in [0.15, 0.2) is 17.4 Å². The predicted molar refractivity (Wildman–Crippen MR) is 210 cm³/mol. The first-order chi connectivity index (χ1) is 26.7. The van der Waals surface area contributed by atoms with Crippen molar-refractivity contribution in [3.63, 3.8) is 0 Å². The Bertz CT molecular complexity index is 2840. The molecule has 0 aliphatic carbocycles. The van der Waals surface area contributed by atoms with Crippen LogP contribution < -0.4 is 4.74 Å². The Balaban J connectivity index is 1.36. The van der Waals surface area contributed by atoms with Crippen molar-refractivity contribution in [1.82, 2.24) is 12.9 Å². The van der Waals surface area contributed by atoms with E-state index in [4.69, 9.17) is 4.74 Å². The third kappa shape index (κ3) is 6.70. The normalized spacial score (nSPS) is 13.1. The number of aryl methyl sites for hydroxylation is 3. The van der Waals surface area contributed by atoms with Crippen LogP contribution in [0.2, 0.25) is 0 Å². The summed E-state index contributed by atoms with van der Waals surface area (Å²) >= 11 is 0. The lowest BCUT2D eigenvalue weighted by Gasteiger charge is -2.31. The molecular formula is C43H37F2N3O6S2. The second kappa shape index (κ2) is 14.6. The summed E-state index contributed by atoms with van der Waals surface area (Å²) in [6.45, 7) is 7.04. The molecular weight excluding hydrogens is 757 g/mol. The molecule has 2 aromatic heterocycles. The largest absolute Gasteiger partial charge is 0.454 e. The topological polar surface area (TPSA) is 117 Å². The summed E-state index contributed by atoms with van der Waals surface area (Å²) in [6.07, 6.45) is 3.80. The minimum Gasteiger partial charge on any atom is -0.454 e. The van der Waals surface area contributed by atoms with Crippen LogP contribution in [0.4, 0.5) is 8.78 Å². The second-order valence-corrected chi connectivity index (χ2v) is 17.5. The molecule has 0 fully saturated rings. The molecule has 5 aromatic carbocycles. The highest BCUT2D eigenvalue weighted by Gasteiger charge is 2.38. The average Bonchev–Trinajstić information content (AvgIpc) is 3.84. The van der Waals surface area contributed by atoms with Crippen LogP contribution in [0.15, 0.2) is 131 Å². The standard InChI is InChI=1S/C43H37F2N3O6S2/c1-28-11-16-33(17-12-28)55(50,51)47-23-21-35-30(3)41(38(45)26-39(35)47)54-32-15-20-37(44)36(25-32)42-46-27-40(43(4,22-8-24-49)31-9-6-5-7-10-31)48(42)56(52,53)34-18-13-29(2)14-19-34/h5-7,9-21,23-27H,8,22H2,1-4H3. The molecule has 1 atom stereocenters. The maximum absolute atomic E-state index is 16.0. The zero-order valence-electron chi connectivity index (χ0n) is 30.9. The van der Waals surface area contributed by atoms with Gasteiger partial charge < -0.3 is 9.53 Å². The lowest BCUT2D eigenvalue weighted by molar-refractivity contribution is -0.108. The zero-order chi connectivity index (χ0) is 40.0. The molecule has 2 heterocycles. The van der Waals surface area contributed by atoms with Crippen LogP contribution in [0.5, 0.6) is 11.5 Å². The van der Waals surface area contributed by atoms with Gasteiger partial charge in [-0.15, -0.1) is 0 Å². The maximum atomic E-state index is 16.0. The summed E-state index contributed by atoms with van der Waals surface area (Å²) in [4.78, 5) is 16.2. The van der Waals surface area contributed by atoms with E-state index < -0.39 is 37.1 Å². The molecule has 0 aliphatic rings. The van der Waals surface area contributed by atoms with Crippen LogP contribution in [-0.4, -0.2) is 36.1 Å². The van der Waals surface area contributed by atoms with E-state index in [9.17, 15) is 21.6 Å². The first-order valence-electron chi connectivity index (χ1n) is 17.7. The van der Waals surface area contributed by atoms with Crippen LogP contribution in [0.25, 0.3) is 22.3 Å². The summed E-state index contributed by atoms with van der Waals surface area (Å²) in [5.74, 6) is -2.23. The quantitative estimate of drug-likeness (QED) is 0.113. The van der Waals surface area contributed by atoms with Crippen molar-refractivity contribution in [2.45, 2.75) is 55.7 Å². The lowest BCUT2D eigenvalue weighted by Crippen LogP contribution is -2.30. The molecule has 56 heavy (non-hydrogen) atoms. The smallest absolute Gasteiger partial charge is 0.269 e. The highest BCUT2D eigenvalue weighted by molar-refractivity contribution is 7.90. The van der Waals surface area contributed by atoms with Crippen molar-refractivity contribution in [2.24, 2.45) is 0 Å². The van der Waals surface area contributed by atoms with Crippen molar-refractivity contribution in [3.05, 3.63) is 161 Å². The monoisotopic (exact) mass is 793 g/mol. The van der Waals surface area contributed by atoms with E-state index in [0.717, 1.165) is 37.5 Å². The van der Waals surface area contributed by atoms with Crippen molar-refractivity contribution >= 4 is 37.2 Å². The molecule has 7 rings (SSSR count). The van der Waals surface area contributed by atoms with E-state index >= 15 is 8.78 Å². The van der Waals surface area contributed by atoms with Gasteiger partial charge in [-0.1, -0.05) is 65.7 Å². The molecule has 0 N–H and O–H groups in total. The first-order valence-corrected chi connectivity index (χ1v) is 20.5. The number of benzene rings is 5. The fraction of sp³-hybridized carbons (Fsp3) is 0.163. The highest BCUT2D eigenvalue weighted by atomic mass is 32.2. The number of nitrogens with zero attached hydrogens (tertiary/aromatic N) is 3. The molecule has 0 amide bonds. The Morgan fingerprint density at radius 1 is 0.768 bits per heavy atom. The summed E-state index contributed by atoms with van der Waals surface area (Å²) < 4.78 is 96.4. The van der Waals surface area contributed by atoms with E-state index in [1.807, 2.05) is 39.0 Å². The fourth-order valence-corrected chi connectivity index (χ4v) is 9.82. The van der Waals surface area contributed by atoms with E-state index in [2.05, 4.69) is 4.98 Å². The number of rotatable bonds is 12. The van der Waals surface area contributed by atoms with E-state index in [1.54, 1.807) is 49.4 Å². The van der Waals surface area contributed by atoms with Crippen molar-refractivity contribution in [1.29, 1.82) is 0 Å². The van der Waals surface area contributed by atoms with Gasteiger partial charge >= 0.3 is 0 Å². The number of imidazole rings is 1. The van der Waals surface area contributed by atoms with Gasteiger partial charge in [-0.05, 0) is 88.2 Å². The number of halogens is 2. The molecule has 1 unspecified atom stereocenters. The summed E-state index contributed by atoms with van der Waals surface area (Å²) in [5, 5.41) is 0.402. The maximum Gasteiger partial charge on any atom is 0.269 e. The Labute approximate surface area is 324 Å². The Hall–Kier alpha value is -5.92. The molecule has 0 radical (unpaired) electrons. The van der Waals surface area contributed by atoms with Gasteiger partial charge in [0.2, 0.25) is 0 Å². The lowest BCUT2D eigenvalue weighted by atomic mass is 9.76. The average molecular weight is 794 g/mol. The third-order valence-electron chi connectivity index (χ3n) is 10.1. The molecule has 0 saturated carbocycles. The molecule has 0 spiro atoms. The number of carbonyl (C=O) groups excluding carboxylic acids is 1. The van der Waals surface area contributed by atoms with Gasteiger partial charge in [-0.2, -0.15) is 0 Å². The van der Waals surface area contributed by atoms with Crippen LogP contribution in [0.1, 0.15) is 47.7 Å². The number of carbonyl (C=O) groups is 1. The number of aldehydes is 1. The van der Waals surface area contributed by atoms with Crippen molar-refractivity contribution in [3.8, 4) is 22.9 Å². The van der Waals surface area contributed by atoms with E-state index in [-0.39, 0.29) is 62.3 Å². The van der Waals surface area contributed by atoms with Crippen LogP contribution in [-0.2, 0) is 30.3 Å². The number of fused-ring (bicyclic) bond motifs is 1. The van der Waals surface area contributed by atoms with Crippen molar-refractivity contribution < 1.29 is 35.1 Å². The number of hydrogen-bond donors (Lipinski definition) is 0. The zero-order valence-corrected chi connectivity index (χ0v) is 32.5. The van der Waals surface area contributed by atoms with Gasteiger partial charge in [-0.25, -0.2) is 38.5 Å². The van der Waals surface area contributed by atoms with Gasteiger partial charge in [-0.3, -0.25) is 0 Å². The Morgan fingerprint density at radius 3 is 2.02 bits per heavy atom. The molecule has 7 aromatic rings. The number of hydrogen-bond acceptors (Lipinski definition) is 7. The van der Waals surface area contributed by atoms with Crippen LogP contribution in [0, 0.1) is 32.4 Å². The predicted octanol–water partition coefficient (Wildman–Crippen LogP) is 9.26. The second-order valence-electron chi connectivity index (χ2n) is 13.9. The third-order valence-corrected chi connectivity index (χ3v) is 13.5. The Kier molecular flexibility index (Phi) is 10.0. The van der Waals surface area contributed by atoms with E-state index in [0.29, 0.717) is 10.9 Å². The molecule has 0 aliphatic heterocycles. The van der Waals surface area contributed by atoms with Crippen LogP contribution in [0.3, 0.4) is 0 Å². The highest BCUT2D eigenvalue weighted by Crippen LogP contribution is 2.42. The molecule has 9 nitrogen and oxygen atoms in total. The molecule has 0 saturated heterocycles. The molecule has 13 heteroatoms. The molecule has 286 valence electrons. The van der Waals surface area contributed by atoms with Gasteiger partial charge in [0.05, 0.1) is 32.8 Å². The Morgan fingerprint density at radius 2 is 1.39 bits per heavy atom. The fourth-order valence-electron chi connectivity index (χ4n) is 6.91. The van der Waals surface area contributed by atoms with Crippen molar-refractivity contribution in [2.75, 3.05) is 0 Å². The minimum atomic E-state index is -4.45. The summed E-state index contributed by atoms with van der Waals surface area (Å²) in [7, 11) is -8.51. The minimum absolute atomic E-state index is 0.0370. The SMILES string of the molecule is Cc1ccc(S(=O)(=O)n2c(C(C)(CCC=O)c3ccccc3)cnc2-c2cc(Oc3c(F)cc4c(ccn4S(=O)(=O)c4ccc(C)cc4)c3C)ccc2F)cc1. The van der Waals surface area contributed by atoms with Gasteiger partial charge in [0.25, 0.3) is 20.0 Å². The molecule has 0 bridgehead atoms.